The second kappa shape index (κ2) is 3.54. The van der Waals surface area contributed by atoms with Crippen LogP contribution in [0.1, 0.15) is 25.7 Å². The number of aliphatic hydroxyl groups excluding tert-OH is 1. The molecular formula is C10H18FNO. The van der Waals surface area contributed by atoms with Crippen molar-refractivity contribution >= 4 is 0 Å². The van der Waals surface area contributed by atoms with Crippen molar-refractivity contribution in [3.05, 3.63) is 0 Å². The molecule has 0 amide bonds. The van der Waals surface area contributed by atoms with E-state index in [1.54, 1.807) is 0 Å². The molecule has 1 heterocycles. The third-order valence-electron chi connectivity index (χ3n) is 3.52. The van der Waals surface area contributed by atoms with Crippen LogP contribution in [0.2, 0.25) is 0 Å². The minimum Gasteiger partial charge on any atom is -0.396 e. The van der Waals surface area contributed by atoms with E-state index in [2.05, 4.69) is 4.90 Å². The van der Waals surface area contributed by atoms with Crippen LogP contribution in [0.5, 0.6) is 0 Å². The molecule has 0 aromatic rings. The number of nitrogens with zero attached hydrogens (tertiary/aromatic N) is 1. The Bertz CT molecular complexity index is 176. The molecule has 0 bridgehead atoms. The van der Waals surface area contributed by atoms with Gasteiger partial charge in [-0.15, -0.1) is 0 Å². The molecule has 13 heavy (non-hydrogen) atoms. The van der Waals surface area contributed by atoms with E-state index in [0.717, 1.165) is 25.9 Å². The van der Waals surface area contributed by atoms with E-state index in [1.807, 2.05) is 0 Å². The number of likely N-dealkylation sites (tertiary alicyclic amines) is 1. The Labute approximate surface area is 78.7 Å². The smallest absolute Gasteiger partial charge is 0.114 e. The minimum absolute atomic E-state index is 0.129. The van der Waals surface area contributed by atoms with E-state index in [4.69, 9.17) is 0 Å². The summed E-state index contributed by atoms with van der Waals surface area (Å²) in [5.41, 5.74) is 0.129. The number of alkyl halides is 1. The molecule has 2 nitrogen and oxygen atoms in total. The van der Waals surface area contributed by atoms with Crippen LogP contribution in [0, 0.1) is 5.41 Å². The van der Waals surface area contributed by atoms with Crippen molar-refractivity contribution in [1.29, 1.82) is 0 Å². The summed E-state index contributed by atoms with van der Waals surface area (Å²) >= 11 is 0. The second-order valence-corrected chi connectivity index (χ2v) is 4.63. The molecule has 0 aromatic carbocycles. The van der Waals surface area contributed by atoms with Crippen molar-refractivity contribution in [2.24, 2.45) is 5.41 Å². The quantitative estimate of drug-likeness (QED) is 0.717. The van der Waals surface area contributed by atoms with Crippen molar-refractivity contribution in [3.63, 3.8) is 0 Å². The predicted octanol–water partition coefficient (Wildman–Crippen LogP) is 1.19. The Morgan fingerprint density at radius 1 is 1.46 bits per heavy atom. The third kappa shape index (κ3) is 1.86. The largest absolute Gasteiger partial charge is 0.396 e. The van der Waals surface area contributed by atoms with Gasteiger partial charge >= 0.3 is 0 Å². The molecule has 0 spiro atoms. The van der Waals surface area contributed by atoms with Crippen molar-refractivity contribution in [1.82, 2.24) is 4.90 Å². The molecule has 1 aliphatic heterocycles. The van der Waals surface area contributed by atoms with E-state index in [1.165, 1.54) is 6.42 Å². The molecule has 76 valence electrons. The van der Waals surface area contributed by atoms with Gasteiger partial charge in [-0.25, -0.2) is 4.39 Å². The van der Waals surface area contributed by atoms with E-state index < -0.39 is 6.17 Å². The maximum Gasteiger partial charge on any atom is 0.114 e. The summed E-state index contributed by atoms with van der Waals surface area (Å²) in [7, 11) is 0. The molecule has 1 N–H and O–H groups in total. The van der Waals surface area contributed by atoms with E-state index >= 15 is 0 Å². The molecule has 2 rings (SSSR count). The summed E-state index contributed by atoms with van der Waals surface area (Å²) in [6.07, 6.45) is 3.53. The lowest BCUT2D eigenvalue weighted by Crippen LogP contribution is -2.44. The zero-order valence-corrected chi connectivity index (χ0v) is 8.01. The summed E-state index contributed by atoms with van der Waals surface area (Å²) in [5, 5.41) is 9.24. The normalized spacial score (nSPS) is 33.2. The summed E-state index contributed by atoms with van der Waals surface area (Å²) in [6, 6.07) is 0. The van der Waals surface area contributed by atoms with Crippen molar-refractivity contribution in [2.75, 3.05) is 26.2 Å². The molecule has 2 aliphatic rings. The van der Waals surface area contributed by atoms with Gasteiger partial charge in [0.2, 0.25) is 0 Å². The second-order valence-electron chi connectivity index (χ2n) is 4.63. The molecule has 1 aliphatic carbocycles. The van der Waals surface area contributed by atoms with Gasteiger partial charge in [0, 0.05) is 31.7 Å². The van der Waals surface area contributed by atoms with Gasteiger partial charge in [0.1, 0.15) is 6.17 Å². The highest BCUT2D eigenvalue weighted by Crippen LogP contribution is 2.41. The fraction of sp³-hybridized carbons (Fsp3) is 1.00. The summed E-state index contributed by atoms with van der Waals surface area (Å²) in [6.45, 7) is 2.65. The fourth-order valence-electron chi connectivity index (χ4n) is 2.45. The highest BCUT2D eigenvalue weighted by atomic mass is 19.1. The van der Waals surface area contributed by atoms with Gasteiger partial charge in [-0.3, -0.25) is 4.90 Å². The third-order valence-corrected chi connectivity index (χ3v) is 3.52. The standard InChI is InChI=1S/C10H18FNO/c11-9-2-5-12(6-9)7-10(8-13)3-1-4-10/h9,13H,1-8H2/t9-/m1/s1. The van der Waals surface area contributed by atoms with Crippen molar-refractivity contribution < 1.29 is 9.50 Å². The SMILES string of the molecule is OCC1(CN2CC[C@@H](F)C2)CCC1. The first-order valence-electron chi connectivity index (χ1n) is 5.21. The Balaban J connectivity index is 1.83. The van der Waals surface area contributed by atoms with Gasteiger partial charge in [0.25, 0.3) is 0 Å². The van der Waals surface area contributed by atoms with Crippen LogP contribution >= 0.6 is 0 Å². The summed E-state index contributed by atoms with van der Waals surface area (Å²) in [5.74, 6) is 0. The fourth-order valence-corrected chi connectivity index (χ4v) is 2.45. The lowest BCUT2D eigenvalue weighted by atomic mass is 9.69. The van der Waals surface area contributed by atoms with Gasteiger partial charge in [-0.1, -0.05) is 6.42 Å². The van der Waals surface area contributed by atoms with Crippen molar-refractivity contribution in [2.45, 2.75) is 31.9 Å². The van der Waals surface area contributed by atoms with Crippen LogP contribution in [0.3, 0.4) is 0 Å². The lowest BCUT2D eigenvalue weighted by Gasteiger charge is -2.42. The highest BCUT2D eigenvalue weighted by molar-refractivity contribution is 4.91. The average molecular weight is 187 g/mol. The zero-order chi connectivity index (χ0) is 9.31. The summed E-state index contributed by atoms with van der Waals surface area (Å²) in [4.78, 5) is 2.17. The van der Waals surface area contributed by atoms with Crippen LogP contribution in [-0.4, -0.2) is 42.4 Å². The number of aliphatic hydroxyl groups is 1. The van der Waals surface area contributed by atoms with Crippen LogP contribution in [0.4, 0.5) is 4.39 Å². The van der Waals surface area contributed by atoms with Crippen LogP contribution in [0.25, 0.3) is 0 Å². The lowest BCUT2D eigenvalue weighted by molar-refractivity contribution is 0.0127. The maximum atomic E-state index is 12.9. The number of rotatable bonds is 3. The first kappa shape index (κ1) is 9.41. The predicted molar refractivity (Wildman–Crippen MR) is 49.3 cm³/mol. The molecule has 0 aromatic heterocycles. The number of hydrogen-bond acceptors (Lipinski definition) is 2. The maximum absolute atomic E-state index is 12.9. The first-order chi connectivity index (χ1) is 6.24. The van der Waals surface area contributed by atoms with Gasteiger partial charge < -0.3 is 5.11 Å². The van der Waals surface area contributed by atoms with E-state index in [0.29, 0.717) is 13.0 Å². The Morgan fingerprint density at radius 2 is 2.23 bits per heavy atom. The molecule has 0 radical (unpaired) electrons. The topological polar surface area (TPSA) is 23.5 Å². The van der Waals surface area contributed by atoms with Crippen LogP contribution in [-0.2, 0) is 0 Å². The number of hydrogen-bond donors (Lipinski definition) is 1. The van der Waals surface area contributed by atoms with Crippen LogP contribution < -0.4 is 0 Å². The monoisotopic (exact) mass is 187 g/mol. The molecule has 0 unspecified atom stereocenters. The zero-order valence-electron chi connectivity index (χ0n) is 8.01. The molecule has 2 fully saturated rings. The molecular weight excluding hydrogens is 169 g/mol. The summed E-state index contributed by atoms with van der Waals surface area (Å²) < 4.78 is 12.9. The van der Waals surface area contributed by atoms with Crippen molar-refractivity contribution in [3.8, 4) is 0 Å². The van der Waals surface area contributed by atoms with Crippen LogP contribution in [0.15, 0.2) is 0 Å². The minimum atomic E-state index is -0.629. The molecule has 1 atom stereocenters. The molecule has 1 saturated heterocycles. The highest BCUT2D eigenvalue weighted by Gasteiger charge is 2.39. The van der Waals surface area contributed by atoms with Gasteiger partial charge in [-0.05, 0) is 19.3 Å². The Kier molecular flexibility index (Phi) is 2.56. The average Bonchev–Trinajstić information content (AvgIpc) is 2.44. The van der Waals surface area contributed by atoms with E-state index in [9.17, 15) is 9.50 Å². The molecule has 1 saturated carbocycles. The number of halogens is 1. The van der Waals surface area contributed by atoms with Gasteiger partial charge in [0.05, 0.1) is 0 Å². The molecule has 3 heteroatoms. The van der Waals surface area contributed by atoms with Gasteiger partial charge in [-0.2, -0.15) is 0 Å². The van der Waals surface area contributed by atoms with Gasteiger partial charge in [0.15, 0.2) is 0 Å². The first-order valence-corrected chi connectivity index (χ1v) is 5.21. The van der Waals surface area contributed by atoms with E-state index in [-0.39, 0.29) is 12.0 Å². The Hall–Kier alpha value is -0.150. The Morgan fingerprint density at radius 3 is 2.62 bits per heavy atom.